The second-order valence-corrected chi connectivity index (χ2v) is 10.2. The Balaban J connectivity index is 1.75. The van der Waals surface area contributed by atoms with E-state index in [-0.39, 0.29) is 21.9 Å². The van der Waals surface area contributed by atoms with Gasteiger partial charge in [0.15, 0.2) is 0 Å². The Hall–Kier alpha value is -2.69. The van der Waals surface area contributed by atoms with Gasteiger partial charge < -0.3 is 9.32 Å². The van der Waals surface area contributed by atoms with E-state index < -0.39 is 15.3 Å². The summed E-state index contributed by atoms with van der Waals surface area (Å²) in [4.78, 5) is 14.5. The van der Waals surface area contributed by atoms with Crippen molar-refractivity contribution in [3.8, 4) is 11.5 Å². The van der Waals surface area contributed by atoms with Gasteiger partial charge >= 0.3 is 0 Å². The Kier molecular flexibility index (Phi) is 7.70. The lowest BCUT2D eigenvalue weighted by molar-refractivity contribution is -0.117. The van der Waals surface area contributed by atoms with Gasteiger partial charge in [-0.1, -0.05) is 49.9 Å². The lowest BCUT2D eigenvalue weighted by Crippen LogP contribution is -2.33. The zero-order chi connectivity index (χ0) is 23.3. The highest BCUT2D eigenvalue weighted by molar-refractivity contribution is 8.00. The molecule has 2 aromatic carbocycles. The Bertz CT molecular complexity index is 1160. The third-order valence-corrected chi connectivity index (χ3v) is 7.90. The smallest absolute Gasteiger partial charge is 0.277 e. The zero-order valence-corrected chi connectivity index (χ0v) is 20.1. The van der Waals surface area contributed by atoms with Crippen molar-refractivity contribution in [3.05, 3.63) is 54.6 Å². The number of hydrogen-bond acceptors (Lipinski definition) is 7. The Morgan fingerprint density at radius 2 is 1.75 bits per heavy atom. The molecule has 0 saturated carbocycles. The van der Waals surface area contributed by atoms with Crippen LogP contribution in [0.3, 0.4) is 0 Å². The molecule has 0 saturated heterocycles. The minimum Gasteiger partial charge on any atom is -0.411 e. The molecule has 0 bridgehead atoms. The Morgan fingerprint density at radius 1 is 1.06 bits per heavy atom. The number of thioether (sulfide) groups is 1. The molecule has 1 atom stereocenters. The monoisotopic (exact) mass is 474 g/mol. The summed E-state index contributed by atoms with van der Waals surface area (Å²) < 4.78 is 32.7. The van der Waals surface area contributed by atoms with Crippen molar-refractivity contribution in [3.63, 3.8) is 0 Å². The van der Waals surface area contributed by atoms with Gasteiger partial charge in [-0.05, 0) is 37.3 Å². The third-order valence-electron chi connectivity index (χ3n) is 4.93. The average molecular weight is 475 g/mol. The summed E-state index contributed by atoms with van der Waals surface area (Å²) >= 11 is 1.15. The van der Waals surface area contributed by atoms with Crippen molar-refractivity contribution in [1.29, 1.82) is 0 Å². The average Bonchev–Trinajstić information content (AvgIpc) is 3.28. The summed E-state index contributed by atoms with van der Waals surface area (Å²) in [6.45, 7) is 6.13. The molecule has 1 aromatic heterocycles. The van der Waals surface area contributed by atoms with Crippen molar-refractivity contribution in [2.75, 3.05) is 25.0 Å². The molecule has 0 unspecified atom stereocenters. The summed E-state index contributed by atoms with van der Waals surface area (Å²) in [6.07, 6.45) is 0. The van der Waals surface area contributed by atoms with Gasteiger partial charge in [0.2, 0.25) is 21.8 Å². The van der Waals surface area contributed by atoms with Crippen molar-refractivity contribution in [2.24, 2.45) is 0 Å². The summed E-state index contributed by atoms with van der Waals surface area (Å²) in [7, 11) is -1.88. The molecule has 1 heterocycles. The molecule has 32 heavy (non-hydrogen) atoms. The largest absolute Gasteiger partial charge is 0.411 e. The lowest BCUT2D eigenvalue weighted by Gasteiger charge is -2.20. The van der Waals surface area contributed by atoms with E-state index in [0.717, 1.165) is 17.4 Å². The fourth-order valence-corrected chi connectivity index (χ4v) is 5.41. The number of rotatable bonds is 9. The van der Waals surface area contributed by atoms with Gasteiger partial charge in [0.05, 0.1) is 10.1 Å². The van der Waals surface area contributed by atoms with Crippen LogP contribution in [0.4, 0.5) is 5.69 Å². The molecule has 0 spiro atoms. The second-order valence-electron chi connectivity index (χ2n) is 6.98. The van der Waals surface area contributed by atoms with E-state index in [2.05, 4.69) is 10.2 Å². The molecule has 3 aromatic rings. The Labute approximate surface area is 192 Å². The second kappa shape index (κ2) is 10.3. The van der Waals surface area contributed by atoms with Gasteiger partial charge in [-0.2, -0.15) is 4.31 Å². The number of carbonyl (C=O) groups is 1. The molecule has 0 N–H and O–H groups in total. The molecule has 3 rings (SSSR count). The molecule has 0 fully saturated rings. The van der Waals surface area contributed by atoms with Crippen LogP contribution in [-0.2, 0) is 14.8 Å². The number of nitrogens with zero attached hydrogens (tertiary/aromatic N) is 4. The molecular weight excluding hydrogens is 448 g/mol. The third kappa shape index (κ3) is 5.20. The van der Waals surface area contributed by atoms with Crippen LogP contribution >= 0.6 is 11.8 Å². The van der Waals surface area contributed by atoms with E-state index in [1.807, 2.05) is 30.3 Å². The molecular formula is C22H26N4O4S2. The van der Waals surface area contributed by atoms with Gasteiger partial charge in [-0.25, -0.2) is 8.42 Å². The number of hydrogen-bond donors (Lipinski definition) is 0. The summed E-state index contributed by atoms with van der Waals surface area (Å²) in [5.74, 6) is 0.0911. The highest BCUT2D eigenvalue weighted by Crippen LogP contribution is 2.29. The van der Waals surface area contributed by atoms with Crippen LogP contribution in [0.5, 0.6) is 0 Å². The number of anilines is 1. The first-order valence-corrected chi connectivity index (χ1v) is 12.5. The quantitative estimate of drug-likeness (QED) is 0.434. The predicted molar refractivity (Wildman–Crippen MR) is 125 cm³/mol. The first kappa shape index (κ1) is 24.0. The number of carbonyl (C=O) groups excluding carboxylic acids is 1. The number of benzene rings is 2. The Morgan fingerprint density at radius 3 is 2.41 bits per heavy atom. The van der Waals surface area contributed by atoms with Gasteiger partial charge in [0.1, 0.15) is 0 Å². The first-order valence-electron chi connectivity index (χ1n) is 10.2. The van der Waals surface area contributed by atoms with Gasteiger partial charge in [-0.3, -0.25) is 4.79 Å². The normalized spacial score (nSPS) is 12.7. The van der Waals surface area contributed by atoms with E-state index in [1.165, 1.54) is 10.4 Å². The van der Waals surface area contributed by atoms with Crippen LogP contribution in [0, 0.1) is 0 Å². The molecule has 0 aliphatic rings. The number of para-hydroxylation sites is 1. The van der Waals surface area contributed by atoms with Crippen molar-refractivity contribution < 1.29 is 17.6 Å². The van der Waals surface area contributed by atoms with Gasteiger partial charge in [0.25, 0.3) is 5.22 Å². The summed E-state index contributed by atoms with van der Waals surface area (Å²) in [5.41, 5.74) is 1.29. The number of aromatic nitrogens is 2. The van der Waals surface area contributed by atoms with Crippen molar-refractivity contribution >= 4 is 33.4 Å². The molecule has 0 aliphatic carbocycles. The number of amides is 1. The van der Waals surface area contributed by atoms with Gasteiger partial charge in [0, 0.05) is 31.4 Å². The minimum absolute atomic E-state index is 0.103. The van der Waals surface area contributed by atoms with Crippen LogP contribution in [0.2, 0.25) is 0 Å². The minimum atomic E-state index is -3.60. The lowest BCUT2D eigenvalue weighted by atomic mass is 10.2. The SMILES string of the molecule is CCN(CC)S(=O)(=O)c1cccc(-c2nnc(S[C@H](C)C(=O)N(C)c3ccccc3)o2)c1. The van der Waals surface area contributed by atoms with Crippen molar-refractivity contribution in [2.45, 2.75) is 36.1 Å². The highest BCUT2D eigenvalue weighted by Gasteiger charge is 2.24. The van der Waals surface area contributed by atoms with Crippen LogP contribution in [-0.4, -0.2) is 54.2 Å². The van der Waals surface area contributed by atoms with E-state index >= 15 is 0 Å². The maximum atomic E-state index is 12.8. The maximum absolute atomic E-state index is 12.8. The van der Waals surface area contributed by atoms with Crippen LogP contribution in [0.1, 0.15) is 20.8 Å². The fraction of sp³-hybridized carbons (Fsp3) is 0.318. The number of sulfonamides is 1. The molecule has 0 radical (unpaired) electrons. The van der Waals surface area contributed by atoms with E-state index in [9.17, 15) is 13.2 Å². The van der Waals surface area contributed by atoms with Crippen LogP contribution < -0.4 is 4.90 Å². The highest BCUT2D eigenvalue weighted by atomic mass is 32.2. The fourth-order valence-electron chi connectivity index (χ4n) is 3.13. The summed E-state index contributed by atoms with van der Waals surface area (Å²) in [6, 6.07) is 15.8. The molecule has 0 aliphatic heterocycles. The van der Waals surface area contributed by atoms with E-state index in [0.29, 0.717) is 18.7 Å². The predicted octanol–water partition coefficient (Wildman–Crippen LogP) is 3.91. The maximum Gasteiger partial charge on any atom is 0.277 e. The molecule has 10 heteroatoms. The standard InChI is InChI=1S/C22H26N4O4S2/c1-5-26(6-2)32(28,29)19-14-10-11-17(15-19)20-23-24-22(30-20)31-16(3)21(27)25(4)18-12-8-7-9-13-18/h7-16H,5-6H2,1-4H3/t16-/m1/s1. The molecule has 170 valence electrons. The summed E-state index contributed by atoms with van der Waals surface area (Å²) in [5, 5.41) is 7.84. The van der Waals surface area contributed by atoms with Crippen molar-refractivity contribution in [1.82, 2.24) is 14.5 Å². The van der Waals surface area contributed by atoms with E-state index in [4.69, 9.17) is 4.42 Å². The molecule has 8 nitrogen and oxygen atoms in total. The molecule has 1 amide bonds. The van der Waals surface area contributed by atoms with Crippen LogP contribution in [0.25, 0.3) is 11.5 Å². The van der Waals surface area contributed by atoms with E-state index in [1.54, 1.807) is 50.9 Å². The van der Waals surface area contributed by atoms with Crippen LogP contribution in [0.15, 0.2) is 69.1 Å². The van der Waals surface area contributed by atoms with Gasteiger partial charge in [-0.15, -0.1) is 10.2 Å². The topological polar surface area (TPSA) is 96.6 Å². The first-order chi connectivity index (χ1) is 15.3. The zero-order valence-electron chi connectivity index (χ0n) is 18.4.